The highest BCUT2D eigenvalue weighted by Gasteiger charge is 2.30. The summed E-state index contributed by atoms with van der Waals surface area (Å²) in [4.78, 5) is 8.31. The molecule has 6 nitrogen and oxygen atoms in total. The van der Waals surface area contributed by atoms with E-state index in [1.54, 1.807) is 12.5 Å². The maximum absolute atomic E-state index is 12.2. The number of hydrogen-bond donors (Lipinski definition) is 2. The quantitative estimate of drug-likeness (QED) is 0.527. The second-order valence-corrected chi connectivity index (χ2v) is 5.50. The maximum atomic E-state index is 12.2. The van der Waals surface area contributed by atoms with Crippen molar-refractivity contribution in [2.24, 2.45) is 10.7 Å². The van der Waals surface area contributed by atoms with Gasteiger partial charge in [-0.2, -0.15) is 0 Å². The predicted molar refractivity (Wildman–Crippen MR) is 95.6 cm³/mol. The van der Waals surface area contributed by atoms with E-state index in [2.05, 4.69) is 20.0 Å². The van der Waals surface area contributed by atoms with Crippen LogP contribution in [0.3, 0.4) is 0 Å². The number of aliphatic imine (C=N–C) groups is 1. The number of alkyl halides is 3. The minimum Gasteiger partial charge on any atom is -0.406 e. The molecule has 9 heteroatoms. The van der Waals surface area contributed by atoms with Crippen molar-refractivity contribution < 1.29 is 17.9 Å². The fraction of sp³-hybridized carbons (Fsp3) is 0.111. The van der Waals surface area contributed by atoms with E-state index in [-0.39, 0.29) is 11.7 Å². The van der Waals surface area contributed by atoms with Crippen molar-refractivity contribution in [1.29, 1.82) is 0 Å². The average molecular weight is 375 g/mol. The number of benzene rings is 2. The Kier molecular flexibility index (Phi) is 5.30. The van der Waals surface area contributed by atoms with Crippen LogP contribution >= 0.6 is 0 Å². The monoisotopic (exact) mass is 375 g/mol. The molecule has 1 heterocycles. The molecule has 0 spiro atoms. The number of hydrogen-bond acceptors (Lipinski definition) is 3. The van der Waals surface area contributed by atoms with Gasteiger partial charge in [-0.25, -0.2) is 9.98 Å². The second-order valence-electron chi connectivity index (χ2n) is 5.50. The number of aromatic nitrogens is 2. The molecule has 1 aromatic heterocycles. The Hall–Kier alpha value is -3.49. The summed E-state index contributed by atoms with van der Waals surface area (Å²) >= 11 is 0. The van der Waals surface area contributed by atoms with Gasteiger partial charge in [0.05, 0.1) is 18.6 Å². The smallest absolute Gasteiger partial charge is 0.406 e. The second kappa shape index (κ2) is 7.81. The summed E-state index contributed by atoms with van der Waals surface area (Å²) in [6.45, 7) is 0.322. The Balaban J connectivity index is 1.65. The number of nitrogens with two attached hydrogens (primary N) is 1. The Morgan fingerprint density at radius 1 is 1.15 bits per heavy atom. The van der Waals surface area contributed by atoms with Crippen LogP contribution in [-0.4, -0.2) is 21.9 Å². The van der Waals surface area contributed by atoms with Crippen LogP contribution in [-0.2, 0) is 6.54 Å². The lowest BCUT2D eigenvalue weighted by molar-refractivity contribution is -0.274. The van der Waals surface area contributed by atoms with Gasteiger partial charge < -0.3 is 20.4 Å². The lowest BCUT2D eigenvalue weighted by Crippen LogP contribution is -2.22. The SMILES string of the molecule is NC(=NCc1ccccc1-n1ccnc1)Nc1ccc(OC(F)(F)F)cc1. The van der Waals surface area contributed by atoms with E-state index in [4.69, 9.17) is 5.73 Å². The number of anilines is 1. The van der Waals surface area contributed by atoms with Crippen LogP contribution in [0.25, 0.3) is 5.69 Å². The van der Waals surface area contributed by atoms with Gasteiger partial charge in [0.1, 0.15) is 5.75 Å². The fourth-order valence-corrected chi connectivity index (χ4v) is 2.40. The summed E-state index contributed by atoms with van der Waals surface area (Å²) in [7, 11) is 0. The molecule has 0 unspecified atom stereocenters. The molecule has 0 aliphatic rings. The van der Waals surface area contributed by atoms with Gasteiger partial charge in [0.15, 0.2) is 5.96 Å². The van der Waals surface area contributed by atoms with Gasteiger partial charge in [-0.1, -0.05) is 18.2 Å². The molecule has 27 heavy (non-hydrogen) atoms. The van der Waals surface area contributed by atoms with Crippen LogP contribution in [0.1, 0.15) is 5.56 Å². The predicted octanol–water partition coefficient (Wildman–Crippen LogP) is 3.70. The Labute approximate surface area is 153 Å². The Morgan fingerprint density at radius 3 is 2.56 bits per heavy atom. The highest BCUT2D eigenvalue weighted by Crippen LogP contribution is 2.24. The number of guanidine groups is 1. The standard InChI is InChI=1S/C18H16F3N5O/c19-18(20,21)27-15-7-5-14(6-8-15)25-17(22)24-11-13-3-1-2-4-16(13)26-10-9-23-12-26/h1-10,12H,11H2,(H3,22,24,25). The normalized spacial score (nSPS) is 12.0. The third-order valence-corrected chi connectivity index (χ3v) is 3.55. The van der Waals surface area contributed by atoms with Crippen molar-refractivity contribution in [3.05, 3.63) is 72.8 Å². The van der Waals surface area contributed by atoms with Gasteiger partial charge in [0.2, 0.25) is 0 Å². The molecule has 0 bridgehead atoms. The van der Waals surface area contributed by atoms with E-state index < -0.39 is 6.36 Å². The van der Waals surface area contributed by atoms with Crippen LogP contribution in [0.4, 0.5) is 18.9 Å². The molecular formula is C18H16F3N5O. The number of imidazole rings is 1. The van der Waals surface area contributed by atoms with E-state index >= 15 is 0 Å². The zero-order chi connectivity index (χ0) is 19.3. The van der Waals surface area contributed by atoms with Crippen LogP contribution < -0.4 is 15.8 Å². The van der Waals surface area contributed by atoms with Crippen molar-refractivity contribution in [3.8, 4) is 11.4 Å². The first-order valence-electron chi connectivity index (χ1n) is 7.90. The summed E-state index contributed by atoms with van der Waals surface area (Å²) < 4.78 is 42.2. The molecule has 0 fully saturated rings. The molecule has 140 valence electrons. The molecule has 0 aliphatic carbocycles. The maximum Gasteiger partial charge on any atom is 0.573 e. The molecule has 3 rings (SSSR count). The van der Waals surface area contributed by atoms with Gasteiger partial charge in [0.25, 0.3) is 0 Å². The van der Waals surface area contributed by atoms with Crippen molar-refractivity contribution in [3.63, 3.8) is 0 Å². The fourth-order valence-electron chi connectivity index (χ4n) is 2.40. The van der Waals surface area contributed by atoms with Crippen molar-refractivity contribution in [2.75, 3.05) is 5.32 Å². The van der Waals surface area contributed by atoms with Crippen molar-refractivity contribution in [2.45, 2.75) is 12.9 Å². The molecule has 0 atom stereocenters. The molecule has 0 saturated carbocycles. The van der Waals surface area contributed by atoms with E-state index in [0.717, 1.165) is 11.3 Å². The van der Waals surface area contributed by atoms with E-state index in [0.29, 0.717) is 12.2 Å². The molecule has 0 radical (unpaired) electrons. The first-order chi connectivity index (χ1) is 12.9. The first-order valence-corrected chi connectivity index (χ1v) is 7.90. The van der Waals surface area contributed by atoms with Crippen molar-refractivity contribution in [1.82, 2.24) is 9.55 Å². The van der Waals surface area contributed by atoms with Gasteiger partial charge >= 0.3 is 6.36 Å². The number of ether oxygens (including phenoxy) is 1. The van der Waals surface area contributed by atoms with Crippen LogP contribution in [0.5, 0.6) is 5.75 Å². The highest BCUT2D eigenvalue weighted by molar-refractivity contribution is 5.92. The Bertz CT molecular complexity index is 906. The number of rotatable bonds is 5. The number of nitrogens with one attached hydrogen (secondary N) is 1. The van der Waals surface area contributed by atoms with E-state index in [1.165, 1.54) is 24.3 Å². The summed E-state index contributed by atoms with van der Waals surface area (Å²) in [6.07, 6.45) is 0.476. The topological polar surface area (TPSA) is 77.5 Å². The third-order valence-electron chi connectivity index (χ3n) is 3.55. The molecule has 0 amide bonds. The van der Waals surface area contributed by atoms with Gasteiger partial charge in [-0.15, -0.1) is 13.2 Å². The molecule has 3 aromatic rings. The van der Waals surface area contributed by atoms with Crippen LogP contribution in [0.15, 0.2) is 72.2 Å². The van der Waals surface area contributed by atoms with Crippen molar-refractivity contribution >= 4 is 11.6 Å². The minimum absolute atomic E-state index is 0.139. The third kappa shape index (κ3) is 5.24. The van der Waals surface area contributed by atoms with Crippen LogP contribution in [0.2, 0.25) is 0 Å². The highest BCUT2D eigenvalue weighted by atomic mass is 19.4. The minimum atomic E-state index is -4.72. The number of para-hydroxylation sites is 1. The summed E-state index contributed by atoms with van der Waals surface area (Å²) in [5.74, 6) is -0.169. The van der Waals surface area contributed by atoms with E-state index in [9.17, 15) is 13.2 Å². The summed E-state index contributed by atoms with van der Waals surface area (Å²) in [6, 6.07) is 12.9. The number of nitrogens with zero attached hydrogens (tertiary/aromatic N) is 3. The zero-order valence-electron chi connectivity index (χ0n) is 14.0. The number of halogens is 3. The molecular weight excluding hydrogens is 359 g/mol. The van der Waals surface area contributed by atoms with Gasteiger partial charge in [0, 0.05) is 18.1 Å². The molecule has 0 aliphatic heterocycles. The van der Waals surface area contributed by atoms with Gasteiger partial charge in [-0.3, -0.25) is 0 Å². The van der Waals surface area contributed by atoms with Gasteiger partial charge in [-0.05, 0) is 35.9 Å². The first kappa shape index (κ1) is 18.3. The Morgan fingerprint density at radius 2 is 1.89 bits per heavy atom. The average Bonchev–Trinajstić information content (AvgIpc) is 3.15. The summed E-state index contributed by atoms with van der Waals surface area (Å²) in [5, 5.41) is 2.83. The van der Waals surface area contributed by atoms with Crippen LogP contribution in [0, 0.1) is 0 Å². The summed E-state index contributed by atoms with van der Waals surface area (Å²) in [5.41, 5.74) is 8.23. The molecule has 3 N–H and O–H groups in total. The van der Waals surface area contributed by atoms with E-state index in [1.807, 2.05) is 35.0 Å². The lowest BCUT2D eigenvalue weighted by Gasteiger charge is -2.11. The molecule has 2 aromatic carbocycles. The zero-order valence-corrected chi connectivity index (χ0v) is 14.0. The largest absolute Gasteiger partial charge is 0.573 e. The lowest BCUT2D eigenvalue weighted by atomic mass is 10.2. The molecule has 0 saturated heterocycles.